The van der Waals surface area contributed by atoms with Crippen LogP contribution in [0.1, 0.15) is 106 Å². The second-order valence-corrected chi connectivity index (χ2v) is 12.2. The molecule has 39 heavy (non-hydrogen) atoms. The Morgan fingerprint density at radius 1 is 0.513 bits per heavy atom. The highest BCUT2D eigenvalue weighted by Crippen LogP contribution is 2.57. The summed E-state index contributed by atoms with van der Waals surface area (Å²) in [5.41, 5.74) is 19.6. The van der Waals surface area contributed by atoms with Crippen LogP contribution in [0.15, 0.2) is 60.7 Å². The summed E-state index contributed by atoms with van der Waals surface area (Å²) in [7, 11) is 0. The van der Waals surface area contributed by atoms with Gasteiger partial charge >= 0.3 is 0 Å². The van der Waals surface area contributed by atoms with Crippen molar-refractivity contribution in [3.8, 4) is 11.1 Å². The normalized spacial score (nSPS) is 13.4. The number of hydrogen-bond acceptors (Lipinski definition) is 0. The van der Waals surface area contributed by atoms with E-state index in [1.54, 1.807) is 0 Å². The lowest BCUT2D eigenvalue weighted by Gasteiger charge is -2.36. The van der Waals surface area contributed by atoms with E-state index in [1.807, 2.05) is 0 Å². The van der Waals surface area contributed by atoms with Crippen LogP contribution in [0.3, 0.4) is 0 Å². The van der Waals surface area contributed by atoms with Gasteiger partial charge in [-0.2, -0.15) is 0 Å². The minimum absolute atomic E-state index is 0.332. The number of benzene rings is 4. The van der Waals surface area contributed by atoms with Gasteiger partial charge in [-0.3, -0.25) is 0 Å². The van der Waals surface area contributed by atoms with Gasteiger partial charge < -0.3 is 0 Å². The molecule has 0 amide bonds. The van der Waals surface area contributed by atoms with Gasteiger partial charge in [0.15, 0.2) is 0 Å². The zero-order chi connectivity index (χ0) is 27.9. The second kappa shape index (κ2) is 10.8. The van der Waals surface area contributed by atoms with Crippen LogP contribution in [-0.2, 0) is 18.3 Å². The Morgan fingerprint density at radius 2 is 0.923 bits per heavy atom. The first-order valence-corrected chi connectivity index (χ1v) is 15.2. The molecule has 0 saturated heterocycles. The fraction of sp³-hybridized carbons (Fsp3) is 0.385. The van der Waals surface area contributed by atoms with Crippen molar-refractivity contribution >= 4 is 0 Å². The molecule has 0 heterocycles. The van der Waals surface area contributed by atoms with Crippen molar-refractivity contribution in [1.82, 2.24) is 0 Å². The molecule has 1 aliphatic carbocycles. The van der Waals surface area contributed by atoms with Crippen LogP contribution in [0.5, 0.6) is 0 Å². The molecule has 0 atom stereocenters. The molecular formula is C39H46. The summed E-state index contributed by atoms with van der Waals surface area (Å²) in [6.07, 6.45) is 7.18. The summed E-state index contributed by atoms with van der Waals surface area (Å²) in [6.45, 7) is 18.4. The van der Waals surface area contributed by atoms with Gasteiger partial charge in [0.1, 0.15) is 0 Å². The Morgan fingerprint density at radius 3 is 1.31 bits per heavy atom. The maximum absolute atomic E-state index is 2.57. The molecule has 5 rings (SSSR count). The van der Waals surface area contributed by atoms with Crippen molar-refractivity contribution in [3.63, 3.8) is 0 Å². The van der Waals surface area contributed by atoms with Gasteiger partial charge in [0.25, 0.3) is 0 Å². The second-order valence-electron chi connectivity index (χ2n) is 12.2. The Labute approximate surface area is 237 Å². The van der Waals surface area contributed by atoms with Crippen LogP contribution in [0.25, 0.3) is 11.1 Å². The minimum atomic E-state index is -0.332. The first-order chi connectivity index (χ1) is 18.7. The topological polar surface area (TPSA) is 0 Å². The fourth-order valence-corrected chi connectivity index (χ4v) is 6.89. The Kier molecular flexibility index (Phi) is 7.60. The summed E-state index contributed by atoms with van der Waals surface area (Å²) < 4.78 is 0. The third kappa shape index (κ3) is 4.57. The van der Waals surface area contributed by atoms with E-state index in [0.29, 0.717) is 0 Å². The molecule has 0 bridgehead atoms. The zero-order valence-electron chi connectivity index (χ0n) is 25.5. The molecule has 0 spiro atoms. The summed E-state index contributed by atoms with van der Waals surface area (Å²) in [5.74, 6) is 0. The van der Waals surface area contributed by atoms with Crippen LogP contribution in [0.2, 0.25) is 0 Å². The predicted molar refractivity (Wildman–Crippen MR) is 169 cm³/mol. The van der Waals surface area contributed by atoms with E-state index < -0.39 is 0 Å². The standard InChI is InChI=1S/C39H46/c1-9-11-13-31-23-33(21-27(5)29(31)7)39(34-22-28(6)30(8)32(24-34)14-12-10-2)37-19-25(3)15-17-35(37)36-18-16-26(4)20-38(36)39/h15-24H,9-14H2,1-8H3. The average Bonchev–Trinajstić information content (AvgIpc) is 3.19. The van der Waals surface area contributed by atoms with Gasteiger partial charge in [-0.25, -0.2) is 0 Å². The van der Waals surface area contributed by atoms with Crippen LogP contribution in [0, 0.1) is 41.5 Å². The van der Waals surface area contributed by atoms with Crippen LogP contribution in [-0.4, -0.2) is 0 Å². The largest absolute Gasteiger partial charge is 0.0714 e. The molecule has 202 valence electrons. The lowest BCUT2D eigenvalue weighted by molar-refractivity contribution is 0.742. The van der Waals surface area contributed by atoms with Crippen molar-refractivity contribution < 1.29 is 0 Å². The quantitative estimate of drug-likeness (QED) is 0.193. The van der Waals surface area contributed by atoms with Crippen molar-refractivity contribution in [2.75, 3.05) is 0 Å². The highest BCUT2D eigenvalue weighted by molar-refractivity contribution is 5.87. The molecule has 0 N–H and O–H groups in total. The fourth-order valence-electron chi connectivity index (χ4n) is 6.89. The van der Waals surface area contributed by atoms with Crippen LogP contribution < -0.4 is 0 Å². The average molecular weight is 515 g/mol. The first-order valence-electron chi connectivity index (χ1n) is 15.2. The van der Waals surface area contributed by atoms with E-state index in [9.17, 15) is 0 Å². The monoisotopic (exact) mass is 514 g/mol. The third-order valence-corrected chi connectivity index (χ3v) is 9.46. The highest BCUT2D eigenvalue weighted by atomic mass is 14.5. The zero-order valence-corrected chi connectivity index (χ0v) is 25.5. The van der Waals surface area contributed by atoms with Crippen LogP contribution in [0.4, 0.5) is 0 Å². The molecule has 0 unspecified atom stereocenters. The SMILES string of the molecule is CCCCc1cc(C2(c3cc(C)c(C)c(CCCC)c3)c3cc(C)ccc3-c3ccc(C)cc32)cc(C)c1C. The molecule has 0 saturated carbocycles. The van der Waals surface area contributed by atoms with Crippen molar-refractivity contribution in [2.45, 2.75) is 99.3 Å². The number of fused-ring (bicyclic) bond motifs is 3. The lowest BCUT2D eigenvalue weighted by Crippen LogP contribution is -2.30. The Balaban J connectivity index is 1.94. The number of hydrogen-bond donors (Lipinski definition) is 0. The maximum Gasteiger partial charge on any atom is 0.0714 e. The Bertz CT molecular complexity index is 1410. The lowest BCUT2D eigenvalue weighted by atomic mass is 9.65. The summed E-state index contributed by atoms with van der Waals surface area (Å²) in [6, 6.07) is 24.4. The highest BCUT2D eigenvalue weighted by Gasteiger charge is 2.47. The summed E-state index contributed by atoms with van der Waals surface area (Å²) in [4.78, 5) is 0. The summed E-state index contributed by atoms with van der Waals surface area (Å²) >= 11 is 0. The predicted octanol–water partition coefficient (Wildman–Crippen LogP) is 10.6. The molecule has 0 nitrogen and oxygen atoms in total. The minimum Gasteiger partial charge on any atom is -0.0654 e. The molecule has 0 aromatic heterocycles. The molecule has 1 aliphatic rings. The van der Waals surface area contributed by atoms with Crippen molar-refractivity contribution in [3.05, 3.63) is 127 Å². The number of rotatable bonds is 8. The molecule has 0 aliphatic heterocycles. The molecular weight excluding hydrogens is 468 g/mol. The molecule has 0 heteroatoms. The molecule has 0 radical (unpaired) electrons. The smallest absolute Gasteiger partial charge is 0.0654 e. The first kappa shape index (κ1) is 27.4. The van der Waals surface area contributed by atoms with Crippen LogP contribution >= 0.6 is 0 Å². The van der Waals surface area contributed by atoms with E-state index in [2.05, 4.69) is 116 Å². The maximum atomic E-state index is 2.57. The Hall–Kier alpha value is -3.12. The van der Waals surface area contributed by atoms with Crippen molar-refractivity contribution in [1.29, 1.82) is 0 Å². The van der Waals surface area contributed by atoms with Gasteiger partial charge in [-0.1, -0.05) is 98.5 Å². The van der Waals surface area contributed by atoms with Gasteiger partial charge in [-0.05, 0) is 134 Å². The number of aryl methyl sites for hydroxylation is 6. The summed E-state index contributed by atoms with van der Waals surface area (Å²) in [5, 5.41) is 0. The third-order valence-electron chi connectivity index (χ3n) is 9.46. The molecule has 0 fully saturated rings. The molecule has 4 aromatic rings. The number of unbranched alkanes of at least 4 members (excludes halogenated alkanes) is 2. The van der Waals surface area contributed by atoms with E-state index in [0.717, 1.165) is 12.8 Å². The van der Waals surface area contributed by atoms with Crippen molar-refractivity contribution in [2.24, 2.45) is 0 Å². The van der Waals surface area contributed by atoms with Gasteiger partial charge in [0.05, 0.1) is 5.41 Å². The van der Waals surface area contributed by atoms with Gasteiger partial charge in [0, 0.05) is 0 Å². The van der Waals surface area contributed by atoms with E-state index in [1.165, 1.54) is 104 Å². The van der Waals surface area contributed by atoms with Gasteiger partial charge in [0.2, 0.25) is 0 Å². The van der Waals surface area contributed by atoms with Gasteiger partial charge in [-0.15, -0.1) is 0 Å². The molecule has 4 aromatic carbocycles. The van der Waals surface area contributed by atoms with E-state index >= 15 is 0 Å². The van der Waals surface area contributed by atoms with E-state index in [-0.39, 0.29) is 5.41 Å². The van der Waals surface area contributed by atoms with E-state index in [4.69, 9.17) is 0 Å².